The van der Waals surface area contributed by atoms with Crippen molar-refractivity contribution in [1.82, 2.24) is 14.6 Å². The van der Waals surface area contributed by atoms with Crippen molar-refractivity contribution in [2.75, 3.05) is 13.7 Å². The van der Waals surface area contributed by atoms with Crippen molar-refractivity contribution in [3.63, 3.8) is 0 Å². The van der Waals surface area contributed by atoms with E-state index >= 15 is 0 Å². The van der Waals surface area contributed by atoms with Crippen molar-refractivity contribution in [3.8, 4) is 11.1 Å². The van der Waals surface area contributed by atoms with Crippen LogP contribution in [0, 0.1) is 0 Å². The number of nitrogens with zero attached hydrogens (tertiary/aromatic N) is 2. The third-order valence-corrected chi connectivity index (χ3v) is 5.49. The fourth-order valence-corrected chi connectivity index (χ4v) is 3.93. The number of hydrogen-bond acceptors (Lipinski definition) is 4. The molecule has 2 aromatic heterocycles. The van der Waals surface area contributed by atoms with Crippen LogP contribution in [-0.4, -0.2) is 28.3 Å². The number of nitrogens with one attached hydrogen (secondary N) is 1. The average molecular weight is 391 g/mol. The molecule has 4 aromatic rings. The lowest BCUT2D eigenvalue weighted by molar-refractivity contribution is 0.195. The molecule has 0 saturated carbocycles. The molecule has 2 heterocycles. The zero-order valence-electron chi connectivity index (χ0n) is 15.6. The van der Waals surface area contributed by atoms with Crippen LogP contribution >= 0.6 is 11.8 Å². The summed E-state index contributed by atoms with van der Waals surface area (Å²) >= 11 is 1.72. The first-order valence-electron chi connectivity index (χ1n) is 9.17. The van der Waals surface area contributed by atoms with Gasteiger partial charge in [-0.15, -0.1) is 0 Å². The first-order chi connectivity index (χ1) is 13.7. The number of aromatic nitrogens is 3. The molecular weight excluding hydrogens is 370 g/mol. The maximum Gasteiger partial charge on any atom is 0.272 e. The summed E-state index contributed by atoms with van der Waals surface area (Å²) in [6.45, 7) is 0.654. The Balaban J connectivity index is 1.62. The van der Waals surface area contributed by atoms with E-state index in [0.717, 1.165) is 29.7 Å². The maximum atomic E-state index is 12.4. The van der Waals surface area contributed by atoms with Gasteiger partial charge in [-0.3, -0.25) is 9.89 Å². The van der Waals surface area contributed by atoms with Gasteiger partial charge in [0, 0.05) is 47.0 Å². The fourth-order valence-electron chi connectivity index (χ4n) is 3.09. The Labute approximate surface area is 167 Å². The minimum Gasteiger partial charge on any atom is -0.385 e. The molecule has 0 fully saturated rings. The van der Waals surface area contributed by atoms with Crippen LogP contribution in [0.15, 0.2) is 81.4 Å². The van der Waals surface area contributed by atoms with Crippen molar-refractivity contribution in [1.29, 1.82) is 0 Å². The van der Waals surface area contributed by atoms with E-state index in [0.29, 0.717) is 12.3 Å². The highest BCUT2D eigenvalue weighted by Crippen LogP contribution is 2.30. The second kappa shape index (κ2) is 8.46. The highest BCUT2D eigenvalue weighted by molar-refractivity contribution is 7.99. The predicted molar refractivity (Wildman–Crippen MR) is 112 cm³/mol. The van der Waals surface area contributed by atoms with E-state index in [1.54, 1.807) is 24.9 Å². The van der Waals surface area contributed by atoms with Crippen molar-refractivity contribution >= 4 is 17.4 Å². The third-order valence-electron chi connectivity index (χ3n) is 4.48. The van der Waals surface area contributed by atoms with E-state index in [-0.39, 0.29) is 5.56 Å². The molecule has 28 heavy (non-hydrogen) atoms. The van der Waals surface area contributed by atoms with E-state index in [9.17, 15) is 4.79 Å². The Morgan fingerprint density at radius 3 is 2.57 bits per heavy atom. The van der Waals surface area contributed by atoms with Crippen LogP contribution in [0.25, 0.3) is 16.8 Å². The smallest absolute Gasteiger partial charge is 0.272 e. The normalized spacial score (nSPS) is 11.2. The Kier molecular flexibility index (Phi) is 5.60. The SMILES string of the molecule is COCCCc1cc(=O)n2[nH]cc(-c3ccc(Sc4ccccc4)cc3)c2n1. The van der Waals surface area contributed by atoms with Gasteiger partial charge in [-0.2, -0.15) is 0 Å². The number of ether oxygens (including phenoxy) is 1. The Morgan fingerprint density at radius 1 is 1.07 bits per heavy atom. The van der Waals surface area contributed by atoms with Gasteiger partial charge in [0.1, 0.15) is 0 Å². The number of aryl methyl sites for hydroxylation is 1. The second-order valence-electron chi connectivity index (χ2n) is 6.47. The first kappa shape index (κ1) is 18.5. The molecule has 1 N–H and O–H groups in total. The molecule has 0 atom stereocenters. The number of rotatable bonds is 7. The summed E-state index contributed by atoms with van der Waals surface area (Å²) in [4.78, 5) is 19.5. The molecular formula is C22H21N3O2S. The van der Waals surface area contributed by atoms with E-state index in [4.69, 9.17) is 9.72 Å². The molecule has 5 nitrogen and oxygen atoms in total. The van der Waals surface area contributed by atoms with Crippen molar-refractivity contribution < 1.29 is 4.74 Å². The monoisotopic (exact) mass is 391 g/mol. The summed E-state index contributed by atoms with van der Waals surface area (Å²) in [5, 5.41) is 3.02. The maximum absolute atomic E-state index is 12.4. The molecule has 0 spiro atoms. The molecule has 0 unspecified atom stereocenters. The lowest BCUT2D eigenvalue weighted by Gasteiger charge is -2.05. The number of methoxy groups -OCH3 is 1. The van der Waals surface area contributed by atoms with Crippen LogP contribution in [0.3, 0.4) is 0 Å². The quantitative estimate of drug-likeness (QED) is 0.474. The topological polar surface area (TPSA) is 59.4 Å². The minimum absolute atomic E-state index is 0.0973. The molecule has 0 aliphatic carbocycles. The van der Waals surface area contributed by atoms with E-state index in [1.807, 2.05) is 24.4 Å². The summed E-state index contributed by atoms with van der Waals surface area (Å²) in [6, 6.07) is 20.2. The summed E-state index contributed by atoms with van der Waals surface area (Å²) in [7, 11) is 1.68. The zero-order chi connectivity index (χ0) is 19.3. The van der Waals surface area contributed by atoms with Gasteiger partial charge in [0.2, 0.25) is 0 Å². The van der Waals surface area contributed by atoms with Crippen LogP contribution in [0.2, 0.25) is 0 Å². The van der Waals surface area contributed by atoms with Crippen molar-refractivity contribution in [2.45, 2.75) is 22.6 Å². The lowest BCUT2D eigenvalue weighted by Crippen LogP contribution is -2.15. The molecule has 0 bridgehead atoms. The number of benzene rings is 2. The molecule has 0 radical (unpaired) electrons. The van der Waals surface area contributed by atoms with Gasteiger partial charge in [0.15, 0.2) is 5.65 Å². The van der Waals surface area contributed by atoms with Gasteiger partial charge in [0.05, 0.1) is 0 Å². The van der Waals surface area contributed by atoms with Crippen LogP contribution in [0.5, 0.6) is 0 Å². The van der Waals surface area contributed by atoms with E-state index in [1.165, 1.54) is 14.3 Å². The zero-order valence-corrected chi connectivity index (χ0v) is 16.4. The van der Waals surface area contributed by atoms with Gasteiger partial charge < -0.3 is 4.74 Å². The highest BCUT2D eigenvalue weighted by atomic mass is 32.2. The number of aromatic amines is 1. The molecule has 6 heteroatoms. The second-order valence-corrected chi connectivity index (χ2v) is 7.61. The van der Waals surface area contributed by atoms with Gasteiger partial charge in [-0.25, -0.2) is 9.50 Å². The Morgan fingerprint density at radius 2 is 1.82 bits per heavy atom. The molecule has 2 aromatic carbocycles. The van der Waals surface area contributed by atoms with E-state index < -0.39 is 0 Å². The first-order valence-corrected chi connectivity index (χ1v) is 9.98. The van der Waals surface area contributed by atoms with Gasteiger partial charge in [0.25, 0.3) is 5.56 Å². The van der Waals surface area contributed by atoms with Crippen LogP contribution in [-0.2, 0) is 11.2 Å². The fraction of sp³-hybridized carbons (Fsp3) is 0.182. The van der Waals surface area contributed by atoms with Gasteiger partial charge in [-0.1, -0.05) is 42.1 Å². The molecule has 0 aliphatic rings. The van der Waals surface area contributed by atoms with Crippen LogP contribution in [0.1, 0.15) is 12.1 Å². The largest absolute Gasteiger partial charge is 0.385 e. The number of H-pyrrole nitrogens is 1. The standard InChI is InChI=1S/C22H21N3O2S/c1-27-13-5-6-17-14-21(26)25-22(24-17)20(15-23-25)16-9-11-19(12-10-16)28-18-7-3-2-4-8-18/h2-4,7-12,14-15,23H,5-6,13H2,1H3. The van der Waals surface area contributed by atoms with Crippen molar-refractivity contribution in [2.24, 2.45) is 0 Å². The predicted octanol–water partition coefficient (Wildman–Crippen LogP) is 4.42. The molecule has 0 saturated heterocycles. The van der Waals surface area contributed by atoms with E-state index in [2.05, 4.69) is 41.5 Å². The van der Waals surface area contributed by atoms with Gasteiger partial charge in [-0.05, 0) is 42.7 Å². The summed E-state index contributed by atoms with van der Waals surface area (Å²) in [5.74, 6) is 0. The van der Waals surface area contributed by atoms with Crippen molar-refractivity contribution in [3.05, 3.63) is 82.9 Å². The molecule has 0 amide bonds. The Hall–Kier alpha value is -2.83. The average Bonchev–Trinajstić information content (AvgIpc) is 3.14. The van der Waals surface area contributed by atoms with Crippen LogP contribution in [0.4, 0.5) is 0 Å². The minimum atomic E-state index is -0.0973. The highest BCUT2D eigenvalue weighted by Gasteiger charge is 2.11. The lowest BCUT2D eigenvalue weighted by atomic mass is 10.1. The number of fused-ring (bicyclic) bond motifs is 1. The third kappa shape index (κ3) is 4.03. The summed E-state index contributed by atoms with van der Waals surface area (Å²) in [5.41, 5.74) is 3.29. The Bertz CT molecular complexity index is 1120. The number of hydrogen-bond donors (Lipinski definition) is 1. The van der Waals surface area contributed by atoms with Gasteiger partial charge >= 0.3 is 0 Å². The molecule has 4 rings (SSSR count). The summed E-state index contributed by atoms with van der Waals surface area (Å²) < 4.78 is 6.58. The summed E-state index contributed by atoms with van der Waals surface area (Å²) in [6.07, 6.45) is 3.39. The molecule has 0 aliphatic heterocycles. The molecule has 142 valence electrons. The van der Waals surface area contributed by atoms with Crippen LogP contribution < -0.4 is 5.56 Å².